The van der Waals surface area contributed by atoms with E-state index in [1.165, 1.54) is 0 Å². The monoisotopic (exact) mass is 460 g/mol. The number of ether oxygens (including phenoxy) is 1. The number of hydrogen-bond donors (Lipinski definition) is 2. The number of likely N-dealkylation sites (tertiary alicyclic amines) is 1. The lowest BCUT2D eigenvalue weighted by Gasteiger charge is -2.18. The molecule has 1 unspecified atom stereocenters. The van der Waals surface area contributed by atoms with Gasteiger partial charge in [0, 0.05) is 19.6 Å². The lowest BCUT2D eigenvalue weighted by Crippen LogP contribution is -2.42. The van der Waals surface area contributed by atoms with Crippen LogP contribution in [0.5, 0.6) is 5.75 Å². The molecule has 140 valence electrons. The van der Waals surface area contributed by atoms with Crippen molar-refractivity contribution in [3.05, 3.63) is 30.3 Å². The van der Waals surface area contributed by atoms with Gasteiger partial charge in [-0.05, 0) is 38.8 Å². The van der Waals surface area contributed by atoms with Crippen molar-refractivity contribution >= 4 is 35.8 Å². The van der Waals surface area contributed by atoms with Crippen LogP contribution in [0, 0.1) is 0 Å². The van der Waals surface area contributed by atoms with Gasteiger partial charge in [-0.2, -0.15) is 0 Å². The van der Waals surface area contributed by atoms with Crippen LogP contribution in [-0.4, -0.2) is 55.6 Å². The zero-order chi connectivity index (χ0) is 17.2. The average Bonchev–Trinajstić information content (AvgIpc) is 3.12. The molecule has 1 aromatic carbocycles. The number of halogens is 1. The van der Waals surface area contributed by atoms with Crippen LogP contribution in [0.15, 0.2) is 35.3 Å². The third-order valence-electron chi connectivity index (χ3n) is 3.81. The first-order valence-corrected chi connectivity index (χ1v) is 8.70. The Labute approximate surface area is 167 Å². The molecule has 1 amide bonds. The summed E-state index contributed by atoms with van der Waals surface area (Å²) in [6, 6.07) is 9.73. The fourth-order valence-corrected chi connectivity index (χ4v) is 2.57. The Morgan fingerprint density at radius 1 is 1.24 bits per heavy atom. The molecule has 1 fully saturated rings. The number of para-hydroxylation sites is 1. The molecular formula is C18H29IN4O2. The standard InChI is InChI=1S/C18H28N4O2.HI/c1-3-19-18(21-14-17(23)22-11-7-8-12-22)20-13-15(2)24-16-9-5-4-6-10-16;/h4-6,9-10,15H,3,7-8,11-14H2,1-2H3,(H2,19,20,21);1H. The predicted molar refractivity (Wildman–Crippen MR) is 112 cm³/mol. The molecule has 1 atom stereocenters. The quantitative estimate of drug-likeness (QED) is 0.372. The van der Waals surface area contributed by atoms with E-state index in [1.54, 1.807) is 0 Å². The summed E-state index contributed by atoms with van der Waals surface area (Å²) in [6.07, 6.45) is 2.19. The van der Waals surface area contributed by atoms with Gasteiger partial charge >= 0.3 is 0 Å². The second kappa shape index (κ2) is 11.9. The summed E-state index contributed by atoms with van der Waals surface area (Å²) in [6.45, 7) is 7.27. The maximum absolute atomic E-state index is 12.1. The SMILES string of the molecule is CCNC(=NCC(=O)N1CCCC1)NCC(C)Oc1ccccc1.I. The van der Waals surface area contributed by atoms with Gasteiger partial charge in [0.2, 0.25) is 5.91 Å². The van der Waals surface area contributed by atoms with Crippen molar-refractivity contribution < 1.29 is 9.53 Å². The number of rotatable bonds is 7. The molecule has 1 saturated heterocycles. The van der Waals surface area contributed by atoms with Gasteiger partial charge in [0.05, 0.1) is 6.54 Å². The molecule has 0 bridgehead atoms. The van der Waals surface area contributed by atoms with Crippen LogP contribution < -0.4 is 15.4 Å². The topological polar surface area (TPSA) is 66.0 Å². The molecule has 1 aliphatic rings. The summed E-state index contributed by atoms with van der Waals surface area (Å²) in [5.74, 6) is 1.59. The van der Waals surface area contributed by atoms with E-state index >= 15 is 0 Å². The Bertz CT molecular complexity index is 533. The van der Waals surface area contributed by atoms with Gasteiger partial charge in [-0.1, -0.05) is 18.2 Å². The van der Waals surface area contributed by atoms with E-state index in [4.69, 9.17) is 4.74 Å². The Morgan fingerprint density at radius 3 is 2.56 bits per heavy atom. The number of guanidine groups is 1. The van der Waals surface area contributed by atoms with Crippen molar-refractivity contribution in [2.75, 3.05) is 32.7 Å². The molecule has 7 heteroatoms. The van der Waals surface area contributed by atoms with Crippen molar-refractivity contribution in [2.24, 2.45) is 4.99 Å². The van der Waals surface area contributed by atoms with E-state index in [1.807, 2.05) is 49.1 Å². The van der Waals surface area contributed by atoms with Crippen LogP contribution in [0.3, 0.4) is 0 Å². The van der Waals surface area contributed by atoms with Gasteiger partial charge in [0.1, 0.15) is 18.4 Å². The molecule has 1 aliphatic heterocycles. The summed E-state index contributed by atoms with van der Waals surface area (Å²) in [4.78, 5) is 18.3. The number of benzene rings is 1. The third kappa shape index (κ3) is 7.94. The number of nitrogens with zero attached hydrogens (tertiary/aromatic N) is 2. The van der Waals surface area contributed by atoms with E-state index in [0.717, 1.165) is 38.2 Å². The van der Waals surface area contributed by atoms with E-state index in [9.17, 15) is 4.79 Å². The van der Waals surface area contributed by atoms with Gasteiger partial charge in [0.25, 0.3) is 0 Å². The molecule has 1 heterocycles. The fraction of sp³-hybridized carbons (Fsp3) is 0.556. The second-order valence-electron chi connectivity index (χ2n) is 5.91. The molecule has 6 nitrogen and oxygen atoms in total. The number of nitrogens with one attached hydrogen (secondary N) is 2. The van der Waals surface area contributed by atoms with Crippen LogP contribution in [0.4, 0.5) is 0 Å². The first kappa shape index (κ1) is 21.5. The minimum absolute atomic E-state index is 0. The summed E-state index contributed by atoms with van der Waals surface area (Å²) >= 11 is 0. The van der Waals surface area contributed by atoms with Crippen molar-refractivity contribution in [1.29, 1.82) is 0 Å². The molecular weight excluding hydrogens is 431 g/mol. The molecule has 0 aliphatic carbocycles. The van der Waals surface area contributed by atoms with Gasteiger partial charge < -0.3 is 20.3 Å². The van der Waals surface area contributed by atoms with Crippen LogP contribution in [-0.2, 0) is 4.79 Å². The number of carbonyl (C=O) groups excluding carboxylic acids is 1. The van der Waals surface area contributed by atoms with E-state index in [-0.39, 0.29) is 42.5 Å². The van der Waals surface area contributed by atoms with Crippen LogP contribution >= 0.6 is 24.0 Å². The molecule has 2 rings (SSSR count). The van der Waals surface area contributed by atoms with Crippen molar-refractivity contribution in [3.8, 4) is 5.75 Å². The Hall–Kier alpha value is -1.51. The molecule has 2 N–H and O–H groups in total. The maximum atomic E-state index is 12.1. The minimum atomic E-state index is -0.00876. The van der Waals surface area contributed by atoms with Gasteiger partial charge in [0.15, 0.2) is 5.96 Å². The molecule has 1 aromatic rings. The maximum Gasteiger partial charge on any atom is 0.244 e. The predicted octanol–water partition coefficient (Wildman–Crippen LogP) is 2.25. The van der Waals surface area contributed by atoms with Crippen molar-refractivity contribution in [3.63, 3.8) is 0 Å². The normalized spacial score (nSPS) is 15.3. The third-order valence-corrected chi connectivity index (χ3v) is 3.81. The van der Waals surface area contributed by atoms with Crippen LogP contribution in [0.1, 0.15) is 26.7 Å². The van der Waals surface area contributed by atoms with Gasteiger partial charge in [-0.25, -0.2) is 4.99 Å². The Balaban J connectivity index is 0.00000312. The van der Waals surface area contributed by atoms with E-state index in [0.29, 0.717) is 12.5 Å². The summed E-state index contributed by atoms with van der Waals surface area (Å²) in [5.41, 5.74) is 0. The largest absolute Gasteiger partial charge is 0.489 e. The smallest absolute Gasteiger partial charge is 0.244 e. The summed E-state index contributed by atoms with van der Waals surface area (Å²) in [5, 5.41) is 6.39. The average molecular weight is 460 g/mol. The zero-order valence-electron chi connectivity index (χ0n) is 15.0. The molecule has 25 heavy (non-hydrogen) atoms. The fourth-order valence-electron chi connectivity index (χ4n) is 2.57. The van der Waals surface area contributed by atoms with Crippen LogP contribution in [0.25, 0.3) is 0 Å². The lowest BCUT2D eigenvalue weighted by molar-refractivity contribution is -0.128. The lowest BCUT2D eigenvalue weighted by atomic mass is 10.3. The minimum Gasteiger partial charge on any atom is -0.489 e. The first-order valence-electron chi connectivity index (χ1n) is 8.70. The Morgan fingerprint density at radius 2 is 1.92 bits per heavy atom. The molecule has 0 spiro atoms. The van der Waals surface area contributed by atoms with Gasteiger partial charge in [-0.3, -0.25) is 4.79 Å². The highest BCUT2D eigenvalue weighted by Gasteiger charge is 2.17. The molecule has 0 aromatic heterocycles. The number of hydrogen-bond acceptors (Lipinski definition) is 3. The zero-order valence-corrected chi connectivity index (χ0v) is 17.4. The highest BCUT2D eigenvalue weighted by atomic mass is 127. The number of amides is 1. The Kier molecular flexibility index (Phi) is 10.3. The van der Waals surface area contributed by atoms with Gasteiger partial charge in [-0.15, -0.1) is 24.0 Å². The van der Waals surface area contributed by atoms with E-state index in [2.05, 4.69) is 15.6 Å². The second-order valence-corrected chi connectivity index (χ2v) is 5.91. The van der Waals surface area contributed by atoms with Crippen molar-refractivity contribution in [2.45, 2.75) is 32.8 Å². The summed E-state index contributed by atoms with van der Waals surface area (Å²) < 4.78 is 5.83. The van der Waals surface area contributed by atoms with E-state index < -0.39 is 0 Å². The van der Waals surface area contributed by atoms with Crippen molar-refractivity contribution in [1.82, 2.24) is 15.5 Å². The number of aliphatic imine (C=N–C) groups is 1. The highest BCUT2D eigenvalue weighted by molar-refractivity contribution is 14.0. The molecule has 0 saturated carbocycles. The van der Waals surface area contributed by atoms with Crippen LogP contribution in [0.2, 0.25) is 0 Å². The first-order chi connectivity index (χ1) is 11.7. The highest BCUT2D eigenvalue weighted by Crippen LogP contribution is 2.10. The number of carbonyl (C=O) groups is 1. The summed E-state index contributed by atoms with van der Waals surface area (Å²) in [7, 11) is 0. The molecule has 0 radical (unpaired) electrons.